The van der Waals surface area contributed by atoms with Gasteiger partial charge in [-0.05, 0) is 126 Å². The monoisotopic (exact) mass is 878 g/mol. The molecule has 2 aromatic heterocycles. The SMILES string of the molecule is C1=CC2=C(c3cccc4c3-c3c(ccc5c3C=CCC5)C43c4ccccc4-c4ccccc43)c3cccc(-c4cccc5c4oc4ccccc45)c3CC2C(c2cccc3c2oc2ccccc23)=C1. The Hall–Kier alpha value is -8.46. The average Bonchev–Trinajstić information content (AvgIpc) is 4.16. The summed E-state index contributed by atoms with van der Waals surface area (Å²) in [4.78, 5) is 0. The van der Waals surface area contributed by atoms with E-state index in [0.717, 1.165) is 74.3 Å². The fourth-order valence-electron chi connectivity index (χ4n) is 13.7. The van der Waals surface area contributed by atoms with Gasteiger partial charge in [-0.15, -0.1) is 0 Å². The third kappa shape index (κ3) is 4.85. The Morgan fingerprint density at radius 3 is 1.77 bits per heavy atom. The van der Waals surface area contributed by atoms with Gasteiger partial charge in [0.15, 0.2) is 0 Å². The summed E-state index contributed by atoms with van der Waals surface area (Å²) in [7, 11) is 0. The van der Waals surface area contributed by atoms with Crippen molar-refractivity contribution in [3.63, 3.8) is 0 Å². The van der Waals surface area contributed by atoms with E-state index in [1.807, 2.05) is 0 Å². The molecule has 2 nitrogen and oxygen atoms in total. The molecule has 5 aliphatic carbocycles. The Balaban J connectivity index is 1.02. The minimum absolute atomic E-state index is 0.0375. The van der Waals surface area contributed by atoms with Crippen LogP contribution in [0.5, 0.6) is 0 Å². The van der Waals surface area contributed by atoms with E-state index < -0.39 is 5.41 Å². The minimum atomic E-state index is -0.473. The quantitative estimate of drug-likeness (QED) is 0.177. The number of allylic oxidation sites excluding steroid dienone is 6. The van der Waals surface area contributed by atoms with Gasteiger partial charge < -0.3 is 8.83 Å². The summed E-state index contributed by atoms with van der Waals surface area (Å²) in [5.41, 5.74) is 28.2. The van der Waals surface area contributed by atoms with Gasteiger partial charge >= 0.3 is 0 Å². The summed E-state index contributed by atoms with van der Waals surface area (Å²) >= 11 is 0. The van der Waals surface area contributed by atoms with E-state index in [0.29, 0.717) is 0 Å². The number of para-hydroxylation sites is 4. The average molecular weight is 879 g/mol. The van der Waals surface area contributed by atoms with Crippen LogP contribution in [0.2, 0.25) is 0 Å². The summed E-state index contributed by atoms with van der Waals surface area (Å²) in [5.74, 6) is 0.0375. The van der Waals surface area contributed by atoms with Crippen molar-refractivity contribution in [2.24, 2.45) is 5.92 Å². The summed E-state index contributed by atoms with van der Waals surface area (Å²) in [6.07, 6.45) is 14.8. The maximum absolute atomic E-state index is 6.83. The Kier molecular flexibility index (Phi) is 7.53. The van der Waals surface area contributed by atoms with Crippen molar-refractivity contribution in [3.05, 3.63) is 268 Å². The van der Waals surface area contributed by atoms with Crippen molar-refractivity contribution in [1.82, 2.24) is 0 Å². The second-order valence-corrected chi connectivity index (χ2v) is 19.5. The molecule has 0 amide bonds. The molecule has 9 aromatic carbocycles. The van der Waals surface area contributed by atoms with Gasteiger partial charge in [-0.2, -0.15) is 0 Å². The zero-order chi connectivity index (χ0) is 45.0. The lowest BCUT2D eigenvalue weighted by molar-refractivity contribution is 0.665. The first kappa shape index (κ1) is 37.6. The lowest BCUT2D eigenvalue weighted by atomic mass is 9.67. The van der Waals surface area contributed by atoms with Crippen LogP contribution in [0.15, 0.2) is 221 Å². The minimum Gasteiger partial charge on any atom is -0.455 e. The lowest BCUT2D eigenvalue weighted by Crippen LogP contribution is -2.26. The maximum Gasteiger partial charge on any atom is 0.143 e. The van der Waals surface area contributed by atoms with Crippen LogP contribution in [0.1, 0.15) is 62.1 Å². The van der Waals surface area contributed by atoms with Gasteiger partial charge in [0.2, 0.25) is 0 Å². The van der Waals surface area contributed by atoms with Gasteiger partial charge in [0.05, 0.1) is 5.41 Å². The van der Waals surface area contributed by atoms with E-state index in [4.69, 9.17) is 8.83 Å². The molecule has 5 aliphatic rings. The molecule has 2 heterocycles. The van der Waals surface area contributed by atoms with Crippen molar-refractivity contribution in [1.29, 1.82) is 0 Å². The molecule has 0 bridgehead atoms. The van der Waals surface area contributed by atoms with Crippen LogP contribution in [-0.4, -0.2) is 0 Å². The molecule has 322 valence electrons. The summed E-state index contributed by atoms with van der Waals surface area (Å²) in [6.45, 7) is 0. The second kappa shape index (κ2) is 13.8. The summed E-state index contributed by atoms with van der Waals surface area (Å²) in [5, 5.41) is 4.58. The van der Waals surface area contributed by atoms with Gasteiger partial charge in [-0.1, -0.05) is 200 Å². The first-order chi connectivity index (χ1) is 34.3. The van der Waals surface area contributed by atoms with E-state index in [1.165, 1.54) is 94.6 Å². The fourth-order valence-corrected chi connectivity index (χ4v) is 13.7. The molecule has 0 aliphatic heterocycles. The molecule has 16 rings (SSSR count). The highest BCUT2D eigenvalue weighted by Crippen LogP contribution is 2.65. The third-order valence-corrected chi connectivity index (χ3v) is 16.4. The molecule has 1 spiro atoms. The highest BCUT2D eigenvalue weighted by molar-refractivity contribution is 6.12. The number of aryl methyl sites for hydroxylation is 1. The van der Waals surface area contributed by atoms with Gasteiger partial charge in [0.25, 0.3) is 0 Å². The molecule has 0 saturated heterocycles. The number of rotatable bonds is 3. The first-order valence-corrected chi connectivity index (χ1v) is 24.5. The van der Waals surface area contributed by atoms with Crippen molar-refractivity contribution >= 4 is 61.1 Å². The van der Waals surface area contributed by atoms with Crippen molar-refractivity contribution < 1.29 is 8.83 Å². The Labute approximate surface area is 399 Å². The molecular weight excluding hydrogens is 837 g/mol. The summed E-state index contributed by atoms with van der Waals surface area (Å²) < 4.78 is 13.7. The molecule has 1 unspecified atom stereocenters. The molecule has 0 N–H and O–H groups in total. The maximum atomic E-state index is 6.83. The van der Waals surface area contributed by atoms with Gasteiger partial charge in [-0.25, -0.2) is 0 Å². The second-order valence-electron chi connectivity index (χ2n) is 19.5. The Morgan fingerprint density at radius 2 is 1.00 bits per heavy atom. The zero-order valence-electron chi connectivity index (χ0n) is 37.7. The van der Waals surface area contributed by atoms with Crippen LogP contribution in [0, 0.1) is 5.92 Å². The van der Waals surface area contributed by atoms with E-state index in [1.54, 1.807) is 0 Å². The molecule has 1 atom stereocenters. The Bertz CT molecular complexity index is 4190. The van der Waals surface area contributed by atoms with Crippen LogP contribution in [0.4, 0.5) is 0 Å². The molecular formula is C67H42O2. The van der Waals surface area contributed by atoms with E-state index in [9.17, 15) is 0 Å². The molecule has 11 aromatic rings. The van der Waals surface area contributed by atoms with Crippen LogP contribution < -0.4 is 0 Å². The number of benzene rings is 9. The van der Waals surface area contributed by atoms with Crippen molar-refractivity contribution in [3.8, 4) is 33.4 Å². The largest absolute Gasteiger partial charge is 0.455 e. The first-order valence-electron chi connectivity index (χ1n) is 24.5. The van der Waals surface area contributed by atoms with Gasteiger partial charge in [-0.3, -0.25) is 0 Å². The number of furan rings is 2. The van der Waals surface area contributed by atoms with E-state index in [2.05, 4.69) is 212 Å². The van der Waals surface area contributed by atoms with Crippen molar-refractivity contribution in [2.75, 3.05) is 0 Å². The predicted molar refractivity (Wildman–Crippen MR) is 283 cm³/mol. The van der Waals surface area contributed by atoms with Gasteiger partial charge in [0.1, 0.15) is 22.3 Å². The Morgan fingerprint density at radius 1 is 0.435 bits per heavy atom. The standard InChI is InChI=1S/C67H42O2/c1-2-17-40-39(16-1)36-37-59-63(40)64-53(30-15-33-58(64)67(59)56-31-7-3-18-43(56)44-19-4-8-32-57(44)67)62-47-24-11-22-41(49-26-13-28-51-45-20-5-9-34-60(45)68-65(49)51)54(47)38-55-42(23-12-25-48(55)62)50-27-14-29-52-46-21-6-10-35-61(46)69-66(50)52/h2-15,17-37,54H,1,16,38H2. The topological polar surface area (TPSA) is 26.3 Å². The van der Waals surface area contributed by atoms with E-state index in [-0.39, 0.29) is 5.92 Å². The smallest absolute Gasteiger partial charge is 0.143 e. The van der Waals surface area contributed by atoms with Crippen LogP contribution in [0.3, 0.4) is 0 Å². The molecule has 69 heavy (non-hydrogen) atoms. The number of hydrogen-bond donors (Lipinski definition) is 0. The number of fused-ring (bicyclic) bond motifs is 20. The lowest BCUT2D eigenvalue weighted by Gasteiger charge is -2.35. The molecule has 0 fully saturated rings. The van der Waals surface area contributed by atoms with Crippen LogP contribution in [0.25, 0.3) is 94.5 Å². The molecule has 0 radical (unpaired) electrons. The fraction of sp³-hybridized carbons (Fsp3) is 0.0746. The van der Waals surface area contributed by atoms with E-state index >= 15 is 0 Å². The zero-order valence-corrected chi connectivity index (χ0v) is 37.7. The molecule has 2 heteroatoms. The molecule has 0 saturated carbocycles. The highest BCUT2D eigenvalue weighted by Gasteiger charge is 2.53. The normalized spacial score (nSPS) is 16.7. The van der Waals surface area contributed by atoms with Gasteiger partial charge in [0, 0.05) is 38.6 Å². The van der Waals surface area contributed by atoms with Crippen molar-refractivity contribution in [2.45, 2.75) is 24.7 Å². The van der Waals surface area contributed by atoms with Crippen LogP contribution >= 0.6 is 0 Å². The summed E-state index contributed by atoms with van der Waals surface area (Å²) in [6, 6.07) is 67.8. The number of hydrogen-bond acceptors (Lipinski definition) is 2. The third-order valence-electron chi connectivity index (χ3n) is 16.4. The predicted octanol–water partition coefficient (Wildman–Crippen LogP) is 17.1. The van der Waals surface area contributed by atoms with Crippen LogP contribution in [-0.2, 0) is 18.3 Å². The highest BCUT2D eigenvalue weighted by atomic mass is 16.3.